The van der Waals surface area contributed by atoms with Gasteiger partial charge in [-0.05, 0) is 36.8 Å². The number of rotatable bonds is 6. The van der Waals surface area contributed by atoms with E-state index < -0.39 is 15.7 Å². The second kappa shape index (κ2) is 8.10. The number of carbonyl (C=O) groups is 2. The minimum atomic E-state index is -3.66. The molecule has 27 heavy (non-hydrogen) atoms. The van der Waals surface area contributed by atoms with Crippen molar-refractivity contribution < 1.29 is 18.0 Å². The molecule has 1 aromatic carbocycles. The van der Waals surface area contributed by atoms with Crippen molar-refractivity contribution in [2.75, 3.05) is 16.4 Å². The van der Waals surface area contributed by atoms with Crippen molar-refractivity contribution >= 4 is 44.9 Å². The molecular weight excluding hydrogens is 386 g/mol. The fourth-order valence-electron chi connectivity index (χ4n) is 2.58. The number of hydrogen-bond donors (Lipinski definition) is 2. The Bertz CT molecular complexity index is 962. The summed E-state index contributed by atoms with van der Waals surface area (Å²) in [5, 5.41) is 5.15. The Kier molecular flexibility index (Phi) is 5.81. The molecule has 142 valence electrons. The van der Waals surface area contributed by atoms with E-state index in [0.717, 1.165) is 4.90 Å². The van der Waals surface area contributed by atoms with Gasteiger partial charge in [0.15, 0.2) is 9.84 Å². The third-order valence-electron chi connectivity index (χ3n) is 4.03. The number of thioether (sulfide) groups is 1. The maximum Gasteiger partial charge on any atom is 0.237 e. The Balaban J connectivity index is 1.68. The number of anilines is 2. The molecule has 2 amide bonds. The van der Waals surface area contributed by atoms with E-state index in [1.54, 1.807) is 24.3 Å². The molecule has 1 aliphatic rings. The van der Waals surface area contributed by atoms with Gasteiger partial charge in [-0.15, -0.1) is 11.8 Å². The highest BCUT2D eigenvalue weighted by atomic mass is 32.2. The molecule has 0 spiro atoms. The van der Waals surface area contributed by atoms with Crippen LogP contribution >= 0.6 is 11.8 Å². The largest absolute Gasteiger partial charge is 0.324 e. The molecule has 2 aromatic rings. The number of nitrogens with one attached hydrogen (secondary N) is 2. The van der Waals surface area contributed by atoms with E-state index in [1.165, 1.54) is 30.1 Å². The third kappa shape index (κ3) is 4.67. The number of fused-ring (bicyclic) bond motifs is 1. The Labute approximate surface area is 161 Å². The number of benzene rings is 1. The Morgan fingerprint density at radius 3 is 2.81 bits per heavy atom. The van der Waals surface area contributed by atoms with Crippen LogP contribution in [0, 0.1) is 0 Å². The highest BCUT2D eigenvalue weighted by Crippen LogP contribution is 2.38. The van der Waals surface area contributed by atoms with Crippen LogP contribution in [0.2, 0.25) is 0 Å². The van der Waals surface area contributed by atoms with Gasteiger partial charge in [0.2, 0.25) is 11.8 Å². The SMILES string of the molecule is CC[C@@H]1Sc2ccc(S(=O)(=O)CCC(=O)Nc3ccccn3)cc2NC1=O. The summed E-state index contributed by atoms with van der Waals surface area (Å²) < 4.78 is 25.1. The van der Waals surface area contributed by atoms with Gasteiger partial charge in [0.1, 0.15) is 5.82 Å². The molecule has 0 radical (unpaired) electrons. The van der Waals surface area contributed by atoms with Gasteiger partial charge in [-0.25, -0.2) is 13.4 Å². The second-order valence-corrected chi connectivity index (χ2v) is 9.35. The first-order valence-corrected chi connectivity index (χ1v) is 11.0. The number of sulfone groups is 1. The molecule has 1 aliphatic heterocycles. The van der Waals surface area contributed by atoms with Crippen LogP contribution in [-0.4, -0.2) is 36.2 Å². The molecule has 3 rings (SSSR count). The maximum atomic E-state index is 12.6. The monoisotopic (exact) mass is 405 g/mol. The first kappa shape index (κ1) is 19.4. The van der Waals surface area contributed by atoms with Gasteiger partial charge in [-0.1, -0.05) is 13.0 Å². The summed E-state index contributed by atoms with van der Waals surface area (Å²) in [7, 11) is -3.66. The molecule has 0 aliphatic carbocycles. The Morgan fingerprint density at radius 1 is 1.30 bits per heavy atom. The normalized spacial score (nSPS) is 16.3. The average Bonchev–Trinajstić information content (AvgIpc) is 2.66. The highest BCUT2D eigenvalue weighted by Gasteiger charge is 2.27. The van der Waals surface area contributed by atoms with Gasteiger partial charge < -0.3 is 10.6 Å². The molecule has 2 N–H and O–H groups in total. The Hall–Kier alpha value is -2.39. The summed E-state index contributed by atoms with van der Waals surface area (Å²) in [5.41, 5.74) is 0.494. The summed E-state index contributed by atoms with van der Waals surface area (Å²) >= 11 is 1.43. The van der Waals surface area contributed by atoms with Crippen molar-refractivity contribution in [2.45, 2.75) is 34.8 Å². The molecule has 7 nitrogen and oxygen atoms in total. The lowest BCUT2D eigenvalue weighted by Gasteiger charge is -2.23. The number of pyridine rings is 1. The van der Waals surface area contributed by atoms with Crippen LogP contribution in [0.1, 0.15) is 19.8 Å². The maximum absolute atomic E-state index is 12.6. The number of carbonyl (C=O) groups excluding carboxylic acids is 2. The van der Waals surface area contributed by atoms with E-state index in [0.29, 0.717) is 17.9 Å². The fourth-order valence-corrected chi connectivity index (χ4v) is 4.86. The Morgan fingerprint density at radius 2 is 2.11 bits per heavy atom. The molecule has 9 heteroatoms. The lowest BCUT2D eigenvalue weighted by atomic mass is 10.2. The minimum Gasteiger partial charge on any atom is -0.324 e. The molecule has 0 bridgehead atoms. The van der Waals surface area contributed by atoms with E-state index in [-0.39, 0.29) is 28.2 Å². The summed E-state index contributed by atoms with van der Waals surface area (Å²) in [4.78, 5) is 28.8. The summed E-state index contributed by atoms with van der Waals surface area (Å²) in [6.07, 6.45) is 2.05. The molecule has 0 unspecified atom stereocenters. The smallest absolute Gasteiger partial charge is 0.237 e. The number of hydrogen-bond acceptors (Lipinski definition) is 6. The average molecular weight is 406 g/mol. The zero-order valence-corrected chi connectivity index (χ0v) is 16.3. The second-order valence-electron chi connectivity index (χ2n) is 5.99. The molecule has 2 heterocycles. The van der Waals surface area contributed by atoms with Crippen LogP contribution < -0.4 is 10.6 Å². The van der Waals surface area contributed by atoms with Crippen molar-refractivity contribution in [1.82, 2.24) is 4.98 Å². The first-order valence-electron chi connectivity index (χ1n) is 8.44. The lowest BCUT2D eigenvalue weighted by Crippen LogP contribution is -2.28. The van der Waals surface area contributed by atoms with Crippen molar-refractivity contribution in [2.24, 2.45) is 0 Å². The number of amides is 2. The molecule has 0 saturated heterocycles. The zero-order chi connectivity index (χ0) is 19.4. The van der Waals surface area contributed by atoms with E-state index in [9.17, 15) is 18.0 Å². The summed E-state index contributed by atoms with van der Waals surface area (Å²) in [6, 6.07) is 9.74. The van der Waals surface area contributed by atoms with Gasteiger partial charge in [0.05, 0.1) is 21.6 Å². The standard InChI is InChI=1S/C18H19N3O4S2/c1-2-14-18(23)20-13-11-12(6-7-15(13)26-14)27(24,25)10-8-17(22)21-16-5-3-4-9-19-16/h3-7,9,11,14H,2,8,10H2,1H3,(H,20,23)(H,19,21,22)/t14-/m0/s1. The molecular formula is C18H19N3O4S2. The van der Waals surface area contributed by atoms with Gasteiger partial charge in [-0.3, -0.25) is 9.59 Å². The highest BCUT2D eigenvalue weighted by molar-refractivity contribution is 8.01. The van der Waals surface area contributed by atoms with Crippen molar-refractivity contribution in [3.05, 3.63) is 42.6 Å². The van der Waals surface area contributed by atoms with E-state index in [4.69, 9.17) is 0 Å². The van der Waals surface area contributed by atoms with Crippen LogP contribution in [0.25, 0.3) is 0 Å². The van der Waals surface area contributed by atoms with Gasteiger partial charge in [-0.2, -0.15) is 0 Å². The van der Waals surface area contributed by atoms with Crippen LogP contribution in [0.5, 0.6) is 0 Å². The first-order chi connectivity index (χ1) is 12.9. The zero-order valence-electron chi connectivity index (χ0n) is 14.6. The molecule has 1 atom stereocenters. The number of nitrogens with zero attached hydrogens (tertiary/aromatic N) is 1. The number of aromatic nitrogens is 1. The summed E-state index contributed by atoms with van der Waals surface area (Å²) in [6.45, 7) is 1.93. The van der Waals surface area contributed by atoms with Crippen molar-refractivity contribution in [3.63, 3.8) is 0 Å². The van der Waals surface area contributed by atoms with Crippen molar-refractivity contribution in [3.8, 4) is 0 Å². The van der Waals surface area contributed by atoms with Gasteiger partial charge in [0, 0.05) is 17.5 Å². The molecule has 0 saturated carbocycles. The predicted molar refractivity (Wildman–Crippen MR) is 105 cm³/mol. The quantitative estimate of drug-likeness (QED) is 0.766. The topological polar surface area (TPSA) is 105 Å². The van der Waals surface area contributed by atoms with E-state index >= 15 is 0 Å². The predicted octanol–water partition coefficient (Wildman–Crippen LogP) is 2.71. The van der Waals surface area contributed by atoms with Crippen LogP contribution in [0.3, 0.4) is 0 Å². The molecule has 1 aromatic heterocycles. The van der Waals surface area contributed by atoms with Crippen molar-refractivity contribution in [1.29, 1.82) is 0 Å². The lowest BCUT2D eigenvalue weighted by molar-refractivity contribution is -0.116. The minimum absolute atomic E-state index is 0.0859. The van der Waals surface area contributed by atoms with Crippen LogP contribution in [-0.2, 0) is 19.4 Å². The van der Waals surface area contributed by atoms with E-state index in [1.807, 2.05) is 6.92 Å². The van der Waals surface area contributed by atoms with E-state index in [2.05, 4.69) is 15.6 Å². The van der Waals surface area contributed by atoms with Gasteiger partial charge >= 0.3 is 0 Å². The van der Waals surface area contributed by atoms with Crippen LogP contribution in [0.4, 0.5) is 11.5 Å². The van der Waals surface area contributed by atoms with Gasteiger partial charge in [0.25, 0.3) is 0 Å². The van der Waals surface area contributed by atoms with Crippen LogP contribution in [0.15, 0.2) is 52.4 Å². The fraction of sp³-hybridized carbons (Fsp3) is 0.278. The molecule has 0 fully saturated rings. The third-order valence-corrected chi connectivity index (χ3v) is 7.19. The summed E-state index contributed by atoms with van der Waals surface area (Å²) in [5.74, 6) is -0.508.